The normalized spacial score (nSPS) is 21.2. The smallest absolute Gasteiger partial charge is 0.0488 e. The largest absolute Gasteiger partial charge is 0.384 e. The van der Waals surface area contributed by atoms with Crippen molar-refractivity contribution >= 4 is 0 Å². The Morgan fingerprint density at radius 3 is 2.76 bits per heavy atom. The van der Waals surface area contributed by atoms with Crippen LogP contribution in [-0.4, -0.2) is 26.8 Å². The minimum atomic E-state index is 0.554. The molecule has 0 bridgehead atoms. The molecule has 2 unspecified atom stereocenters. The first kappa shape index (κ1) is 14.7. The fourth-order valence-electron chi connectivity index (χ4n) is 2.74. The third-order valence-corrected chi connectivity index (χ3v) is 3.71. The Morgan fingerprint density at radius 1 is 1.29 bits per heavy atom. The van der Waals surface area contributed by atoms with Gasteiger partial charge in [-0.2, -0.15) is 0 Å². The first-order valence-electron chi connectivity index (χ1n) is 7.13. The Kier molecular flexibility index (Phi) is 7.54. The highest BCUT2D eigenvalue weighted by molar-refractivity contribution is 5.11. The van der Waals surface area contributed by atoms with Gasteiger partial charge in [-0.25, -0.2) is 0 Å². The summed E-state index contributed by atoms with van der Waals surface area (Å²) < 4.78 is 5.23. The molecule has 2 heteroatoms. The molecule has 2 nitrogen and oxygen atoms in total. The van der Waals surface area contributed by atoms with Gasteiger partial charge >= 0.3 is 0 Å². The lowest BCUT2D eigenvalue weighted by atomic mass is 9.90. The lowest BCUT2D eigenvalue weighted by Crippen LogP contribution is -2.30. The van der Waals surface area contributed by atoms with E-state index in [-0.39, 0.29) is 0 Å². The van der Waals surface area contributed by atoms with Crippen LogP contribution in [0.1, 0.15) is 51.9 Å². The summed E-state index contributed by atoms with van der Waals surface area (Å²) in [6, 6.07) is 0.554. The van der Waals surface area contributed by atoms with Crippen LogP contribution < -0.4 is 5.32 Å². The summed E-state index contributed by atoms with van der Waals surface area (Å²) in [4.78, 5) is 0. The molecule has 0 fully saturated rings. The molecule has 1 rings (SSSR count). The third kappa shape index (κ3) is 5.69. The number of likely N-dealkylation sites (N-methyl/N-ethyl adjacent to an activating group) is 1. The maximum atomic E-state index is 5.23. The van der Waals surface area contributed by atoms with Crippen molar-refractivity contribution in [3.8, 4) is 0 Å². The van der Waals surface area contributed by atoms with Gasteiger partial charge in [-0.15, -0.1) is 0 Å². The second-order valence-electron chi connectivity index (χ2n) is 5.37. The van der Waals surface area contributed by atoms with Crippen LogP contribution >= 0.6 is 0 Å². The van der Waals surface area contributed by atoms with E-state index in [0.717, 1.165) is 6.61 Å². The fraction of sp³-hybridized carbons (Fsp3) is 0.867. The van der Waals surface area contributed by atoms with Crippen LogP contribution in [0.25, 0.3) is 0 Å². The average Bonchev–Trinajstić information content (AvgIpc) is 2.26. The van der Waals surface area contributed by atoms with Gasteiger partial charge in [0.2, 0.25) is 0 Å². The van der Waals surface area contributed by atoms with Gasteiger partial charge < -0.3 is 10.1 Å². The number of ether oxygens (including phenoxy) is 1. The van der Waals surface area contributed by atoms with Gasteiger partial charge in [-0.05, 0) is 45.1 Å². The Balaban J connectivity index is 2.51. The highest BCUT2D eigenvalue weighted by Crippen LogP contribution is 2.23. The summed E-state index contributed by atoms with van der Waals surface area (Å²) in [7, 11) is 3.88. The van der Waals surface area contributed by atoms with Gasteiger partial charge in [0.15, 0.2) is 0 Å². The Bertz CT molecular complexity index is 225. The molecule has 1 N–H and O–H groups in total. The molecule has 0 aliphatic heterocycles. The minimum Gasteiger partial charge on any atom is -0.384 e. The van der Waals surface area contributed by atoms with Crippen molar-refractivity contribution in [1.82, 2.24) is 5.32 Å². The maximum absolute atomic E-state index is 5.23. The molecule has 17 heavy (non-hydrogen) atoms. The monoisotopic (exact) mass is 239 g/mol. The molecular weight excluding hydrogens is 210 g/mol. The van der Waals surface area contributed by atoms with Gasteiger partial charge in [-0.1, -0.05) is 31.4 Å². The van der Waals surface area contributed by atoms with Crippen LogP contribution in [0, 0.1) is 5.92 Å². The van der Waals surface area contributed by atoms with Gasteiger partial charge in [0, 0.05) is 19.8 Å². The molecule has 1 aliphatic carbocycles. The highest BCUT2D eigenvalue weighted by atomic mass is 16.5. The lowest BCUT2D eigenvalue weighted by molar-refractivity contribution is 0.151. The fourth-order valence-corrected chi connectivity index (χ4v) is 2.74. The van der Waals surface area contributed by atoms with Crippen molar-refractivity contribution in [1.29, 1.82) is 0 Å². The molecule has 0 saturated heterocycles. The van der Waals surface area contributed by atoms with E-state index < -0.39 is 0 Å². The summed E-state index contributed by atoms with van der Waals surface area (Å²) in [5, 5.41) is 3.49. The van der Waals surface area contributed by atoms with Gasteiger partial charge in [0.1, 0.15) is 0 Å². The molecule has 0 saturated carbocycles. The van der Waals surface area contributed by atoms with Crippen LogP contribution in [0.5, 0.6) is 0 Å². The van der Waals surface area contributed by atoms with E-state index in [9.17, 15) is 0 Å². The van der Waals surface area contributed by atoms with E-state index in [0.29, 0.717) is 12.0 Å². The minimum absolute atomic E-state index is 0.554. The van der Waals surface area contributed by atoms with Gasteiger partial charge in [0.05, 0.1) is 0 Å². The van der Waals surface area contributed by atoms with E-state index in [2.05, 4.69) is 25.4 Å². The summed E-state index contributed by atoms with van der Waals surface area (Å²) in [6.45, 7) is 3.14. The number of nitrogens with one attached hydrogen (secondary N) is 1. The summed E-state index contributed by atoms with van der Waals surface area (Å²) in [5.41, 5.74) is 1.63. The molecule has 0 aromatic carbocycles. The van der Waals surface area contributed by atoms with Crippen LogP contribution in [-0.2, 0) is 4.74 Å². The zero-order chi connectivity index (χ0) is 12.5. The highest BCUT2D eigenvalue weighted by Gasteiger charge is 2.16. The van der Waals surface area contributed by atoms with Crippen molar-refractivity contribution in [2.75, 3.05) is 20.8 Å². The second kappa shape index (κ2) is 8.71. The SMILES string of the molecule is CNC(CC(C)COC)C1=CCCCCCC1. The molecule has 0 aromatic heterocycles. The van der Waals surface area contributed by atoms with Crippen molar-refractivity contribution in [3.05, 3.63) is 11.6 Å². The first-order valence-corrected chi connectivity index (χ1v) is 7.13. The second-order valence-corrected chi connectivity index (χ2v) is 5.37. The molecule has 0 amide bonds. The number of rotatable bonds is 6. The number of allylic oxidation sites excluding steroid dienone is 1. The molecule has 0 radical (unpaired) electrons. The van der Waals surface area contributed by atoms with Crippen molar-refractivity contribution in [2.45, 2.75) is 57.9 Å². The standard InChI is InChI=1S/C15H29NO/c1-13(12-17-3)11-15(16-2)14-9-7-5-4-6-8-10-14/h9,13,15-16H,4-8,10-12H2,1-3H3. The van der Waals surface area contributed by atoms with E-state index in [4.69, 9.17) is 4.74 Å². The quantitative estimate of drug-likeness (QED) is 0.716. The lowest BCUT2D eigenvalue weighted by Gasteiger charge is -2.24. The van der Waals surface area contributed by atoms with Crippen LogP contribution in [0.2, 0.25) is 0 Å². The molecule has 1 aliphatic rings. The molecular formula is C15H29NO. The molecule has 0 heterocycles. The molecule has 2 atom stereocenters. The number of hydrogen-bond donors (Lipinski definition) is 1. The molecule has 0 spiro atoms. The third-order valence-electron chi connectivity index (χ3n) is 3.71. The van der Waals surface area contributed by atoms with Gasteiger partial charge in [0.25, 0.3) is 0 Å². The maximum Gasteiger partial charge on any atom is 0.0488 e. The Morgan fingerprint density at radius 2 is 2.06 bits per heavy atom. The number of methoxy groups -OCH3 is 1. The molecule has 0 aromatic rings. The van der Waals surface area contributed by atoms with E-state index in [1.54, 1.807) is 12.7 Å². The van der Waals surface area contributed by atoms with Crippen molar-refractivity contribution in [2.24, 2.45) is 5.92 Å². The topological polar surface area (TPSA) is 21.3 Å². The number of hydrogen-bond acceptors (Lipinski definition) is 2. The van der Waals surface area contributed by atoms with Crippen molar-refractivity contribution < 1.29 is 4.74 Å². The zero-order valence-electron chi connectivity index (χ0n) is 11.8. The molecule has 100 valence electrons. The van der Waals surface area contributed by atoms with Crippen molar-refractivity contribution in [3.63, 3.8) is 0 Å². The predicted molar refractivity (Wildman–Crippen MR) is 74.3 cm³/mol. The van der Waals surface area contributed by atoms with Crippen LogP contribution in [0.4, 0.5) is 0 Å². The summed E-state index contributed by atoms with van der Waals surface area (Å²) >= 11 is 0. The van der Waals surface area contributed by atoms with E-state index >= 15 is 0 Å². The predicted octanol–water partition coefficient (Wildman–Crippen LogP) is 3.53. The zero-order valence-corrected chi connectivity index (χ0v) is 11.8. The summed E-state index contributed by atoms with van der Waals surface area (Å²) in [5.74, 6) is 0.629. The van der Waals surface area contributed by atoms with Crippen LogP contribution in [0.15, 0.2) is 11.6 Å². The average molecular weight is 239 g/mol. The first-order chi connectivity index (χ1) is 8.27. The van der Waals surface area contributed by atoms with Crippen LogP contribution in [0.3, 0.4) is 0 Å². The van der Waals surface area contributed by atoms with E-state index in [1.807, 2.05) is 0 Å². The summed E-state index contributed by atoms with van der Waals surface area (Å²) in [6.07, 6.45) is 11.8. The Hall–Kier alpha value is -0.340. The Labute approximate surface area is 107 Å². The van der Waals surface area contributed by atoms with Gasteiger partial charge in [-0.3, -0.25) is 0 Å². The van der Waals surface area contributed by atoms with E-state index in [1.165, 1.54) is 44.9 Å².